The van der Waals surface area contributed by atoms with Crippen molar-refractivity contribution in [2.75, 3.05) is 26.2 Å². The van der Waals surface area contributed by atoms with Gasteiger partial charge in [-0.05, 0) is 44.7 Å². The zero-order valence-corrected chi connectivity index (χ0v) is 21.3. The number of aliphatic imine (C=N–C) groups is 1. The number of hydrogen-bond donors (Lipinski definition) is 2. The van der Waals surface area contributed by atoms with Crippen molar-refractivity contribution in [2.24, 2.45) is 10.9 Å². The molecule has 176 valence electrons. The van der Waals surface area contributed by atoms with Gasteiger partial charge in [-0.3, -0.25) is 14.2 Å². The number of rotatable bonds is 7. The van der Waals surface area contributed by atoms with Crippen LogP contribution in [0.2, 0.25) is 0 Å². The van der Waals surface area contributed by atoms with Crippen molar-refractivity contribution >= 4 is 41.5 Å². The summed E-state index contributed by atoms with van der Waals surface area (Å²) in [5, 5.41) is 15.4. The van der Waals surface area contributed by atoms with E-state index in [1.54, 1.807) is 0 Å². The van der Waals surface area contributed by atoms with Crippen LogP contribution < -0.4 is 10.6 Å². The maximum atomic E-state index is 12.8. The number of halogens is 1. The highest BCUT2D eigenvalue weighted by Gasteiger charge is 2.31. The van der Waals surface area contributed by atoms with Gasteiger partial charge in [0.25, 0.3) is 0 Å². The third-order valence-corrected chi connectivity index (χ3v) is 6.35. The summed E-state index contributed by atoms with van der Waals surface area (Å²) in [4.78, 5) is 19.6. The second kappa shape index (κ2) is 12.4. The Balaban J connectivity index is 0.00000289. The molecule has 2 aliphatic rings. The number of pyridine rings is 1. The summed E-state index contributed by atoms with van der Waals surface area (Å²) in [7, 11) is 0. The smallest absolute Gasteiger partial charge is 0.225 e. The predicted molar refractivity (Wildman–Crippen MR) is 137 cm³/mol. The Hall–Kier alpha value is -1.91. The molecule has 1 aliphatic heterocycles. The monoisotopic (exact) mass is 553 g/mol. The number of nitrogens with zero attached hydrogens (tertiary/aromatic N) is 5. The number of carbonyl (C=O) groups excluding carboxylic acids is 1. The van der Waals surface area contributed by atoms with Gasteiger partial charge in [-0.25, -0.2) is 0 Å². The first-order valence-corrected chi connectivity index (χ1v) is 11.9. The number of fused-ring (bicyclic) bond motifs is 1. The van der Waals surface area contributed by atoms with E-state index in [1.807, 2.05) is 28.8 Å². The average molecular weight is 553 g/mol. The number of guanidine groups is 1. The van der Waals surface area contributed by atoms with Crippen LogP contribution in [0.25, 0.3) is 5.65 Å². The van der Waals surface area contributed by atoms with Crippen LogP contribution in [0.1, 0.15) is 57.7 Å². The van der Waals surface area contributed by atoms with E-state index in [2.05, 4.69) is 32.7 Å². The van der Waals surface area contributed by atoms with Crippen LogP contribution in [0.15, 0.2) is 29.4 Å². The molecule has 8 nitrogen and oxygen atoms in total. The van der Waals surface area contributed by atoms with E-state index >= 15 is 0 Å². The van der Waals surface area contributed by atoms with E-state index in [4.69, 9.17) is 4.99 Å². The number of carbonyl (C=O) groups is 1. The average Bonchev–Trinajstić information content (AvgIpc) is 3.44. The Bertz CT molecular complexity index is 893. The Morgan fingerprint density at radius 2 is 2.03 bits per heavy atom. The first-order valence-electron chi connectivity index (χ1n) is 11.9. The van der Waals surface area contributed by atoms with Crippen LogP contribution in [0.4, 0.5) is 0 Å². The van der Waals surface area contributed by atoms with Crippen molar-refractivity contribution < 1.29 is 4.79 Å². The molecule has 3 heterocycles. The van der Waals surface area contributed by atoms with Gasteiger partial charge in [0.2, 0.25) is 5.91 Å². The van der Waals surface area contributed by atoms with E-state index < -0.39 is 0 Å². The lowest BCUT2D eigenvalue weighted by atomic mass is 9.88. The Morgan fingerprint density at radius 1 is 1.19 bits per heavy atom. The lowest BCUT2D eigenvalue weighted by Crippen LogP contribution is -2.45. The lowest BCUT2D eigenvalue weighted by Gasteiger charge is -2.26. The Morgan fingerprint density at radius 3 is 2.84 bits per heavy atom. The SMILES string of the molecule is CCNC(=NCCCc1nnc2ccccn12)NC1CCN(C(=O)C2CCCCC2)C1.I. The summed E-state index contributed by atoms with van der Waals surface area (Å²) < 4.78 is 2.03. The van der Waals surface area contributed by atoms with Crippen LogP contribution in [0.5, 0.6) is 0 Å². The fourth-order valence-electron chi connectivity index (χ4n) is 4.69. The van der Waals surface area contributed by atoms with Gasteiger partial charge in [-0.15, -0.1) is 34.2 Å². The molecular weight excluding hydrogens is 517 g/mol. The van der Waals surface area contributed by atoms with Crippen LogP contribution in [-0.4, -0.2) is 63.6 Å². The number of likely N-dealkylation sites (tertiary alicyclic amines) is 1. The van der Waals surface area contributed by atoms with Crippen molar-refractivity contribution in [3.8, 4) is 0 Å². The van der Waals surface area contributed by atoms with E-state index in [0.29, 0.717) is 12.5 Å². The van der Waals surface area contributed by atoms with Crippen molar-refractivity contribution in [3.63, 3.8) is 0 Å². The van der Waals surface area contributed by atoms with Crippen LogP contribution in [0, 0.1) is 5.92 Å². The van der Waals surface area contributed by atoms with Gasteiger partial charge in [0.1, 0.15) is 5.82 Å². The summed E-state index contributed by atoms with van der Waals surface area (Å²) in [5.41, 5.74) is 0.879. The van der Waals surface area contributed by atoms with Crippen molar-refractivity contribution in [3.05, 3.63) is 30.2 Å². The minimum atomic E-state index is 0. The molecule has 1 unspecified atom stereocenters. The number of aryl methyl sites for hydroxylation is 1. The van der Waals surface area contributed by atoms with Gasteiger partial charge in [0.15, 0.2) is 11.6 Å². The summed E-state index contributed by atoms with van der Waals surface area (Å²) in [6.07, 6.45) is 10.5. The van der Waals surface area contributed by atoms with Crippen LogP contribution >= 0.6 is 24.0 Å². The molecule has 1 saturated carbocycles. The summed E-state index contributed by atoms with van der Waals surface area (Å²) in [6, 6.07) is 6.20. The van der Waals surface area contributed by atoms with E-state index in [1.165, 1.54) is 19.3 Å². The maximum Gasteiger partial charge on any atom is 0.225 e. The molecule has 2 aromatic rings. The van der Waals surface area contributed by atoms with Gasteiger partial charge in [0.05, 0.1) is 0 Å². The summed E-state index contributed by atoms with van der Waals surface area (Å²) >= 11 is 0. The molecule has 0 spiro atoms. The fraction of sp³-hybridized carbons (Fsp3) is 0.652. The summed E-state index contributed by atoms with van der Waals surface area (Å²) in [6.45, 7) is 5.25. The minimum Gasteiger partial charge on any atom is -0.357 e. The highest BCUT2D eigenvalue weighted by molar-refractivity contribution is 14.0. The third-order valence-electron chi connectivity index (χ3n) is 6.35. The first kappa shape index (κ1) is 24.7. The van der Waals surface area contributed by atoms with Crippen molar-refractivity contribution in [2.45, 2.75) is 64.3 Å². The Kier molecular flexibility index (Phi) is 9.55. The molecule has 2 fully saturated rings. The third kappa shape index (κ3) is 6.32. The standard InChI is InChI=1S/C23H35N7O.HI/c1-2-24-23(25-14-8-12-21-28-27-20-11-6-7-15-30(20)21)26-19-13-16-29(17-19)22(31)18-9-4-3-5-10-18;/h6-7,11,15,18-19H,2-5,8-10,12-14,16-17H2,1H3,(H2,24,25,26);1H. The highest BCUT2D eigenvalue weighted by Crippen LogP contribution is 2.26. The van der Waals surface area contributed by atoms with Crippen LogP contribution in [-0.2, 0) is 11.2 Å². The fourth-order valence-corrected chi connectivity index (χ4v) is 4.69. The number of hydrogen-bond acceptors (Lipinski definition) is 4. The first-order chi connectivity index (χ1) is 15.2. The topological polar surface area (TPSA) is 86.9 Å². The predicted octanol–water partition coefficient (Wildman–Crippen LogP) is 3.02. The molecule has 0 radical (unpaired) electrons. The van der Waals surface area contributed by atoms with Gasteiger partial charge >= 0.3 is 0 Å². The van der Waals surface area contributed by atoms with Crippen molar-refractivity contribution in [1.29, 1.82) is 0 Å². The largest absolute Gasteiger partial charge is 0.357 e. The van der Waals surface area contributed by atoms with Crippen molar-refractivity contribution in [1.82, 2.24) is 30.1 Å². The molecule has 32 heavy (non-hydrogen) atoms. The molecule has 2 N–H and O–H groups in total. The van der Waals surface area contributed by atoms with E-state index in [0.717, 1.165) is 69.2 Å². The number of aromatic nitrogens is 3. The van der Waals surface area contributed by atoms with Gasteiger partial charge in [-0.1, -0.05) is 25.3 Å². The minimum absolute atomic E-state index is 0. The van der Waals surface area contributed by atoms with E-state index in [-0.39, 0.29) is 35.9 Å². The van der Waals surface area contributed by atoms with Gasteiger partial charge in [0, 0.05) is 50.8 Å². The normalized spacial score (nSPS) is 19.7. The molecule has 1 atom stereocenters. The summed E-state index contributed by atoms with van der Waals surface area (Å²) in [5.74, 6) is 2.43. The molecule has 1 aliphatic carbocycles. The molecule has 9 heteroatoms. The molecule has 1 saturated heterocycles. The lowest BCUT2D eigenvalue weighted by molar-refractivity contribution is -0.135. The molecule has 1 amide bonds. The molecule has 2 aromatic heterocycles. The molecule has 0 bridgehead atoms. The quantitative estimate of drug-likeness (QED) is 0.238. The second-order valence-electron chi connectivity index (χ2n) is 8.66. The second-order valence-corrected chi connectivity index (χ2v) is 8.66. The highest BCUT2D eigenvalue weighted by atomic mass is 127. The zero-order chi connectivity index (χ0) is 21.5. The number of amides is 1. The molecule has 4 rings (SSSR count). The maximum absolute atomic E-state index is 12.8. The van der Waals surface area contributed by atoms with Crippen LogP contribution in [0.3, 0.4) is 0 Å². The molecule has 0 aromatic carbocycles. The molecular formula is C23H36IN7O. The zero-order valence-electron chi connectivity index (χ0n) is 19.0. The van der Waals surface area contributed by atoms with E-state index in [9.17, 15) is 4.79 Å². The Labute approximate surface area is 207 Å². The van der Waals surface area contributed by atoms with Gasteiger partial charge < -0.3 is 15.5 Å². The number of nitrogens with one attached hydrogen (secondary N) is 2. The van der Waals surface area contributed by atoms with Gasteiger partial charge in [-0.2, -0.15) is 0 Å².